The molecule has 0 saturated carbocycles. The Kier molecular flexibility index (Phi) is 7.56. The van der Waals surface area contributed by atoms with Crippen molar-refractivity contribution in [2.45, 2.75) is 51.9 Å². The van der Waals surface area contributed by atoms with E-state index in [-0.39, 0.29) is 11.6 Å². The molecule has 0 N–H and O–H groups in total. The molecule has 0 amide bonds. The second-order valence-corrected chi connectivity index (χ2v) is 5.11. The third-order valence-corrected chi connectivity index (χ3v) is 3.36. The van der Waals surface area contributed by atoms with Gasteiger partial charge >= 0.3 is 0 Å². The van der Waals surface area contributed by atoms with Crippen molar-refractivity contribution in [3.63, 3.8) is 0 Å². The highest BCUT2D eigenvalue weighted by Gasteiger charge is 2.15. The Bertz CT molecular complexity index is 443. The predicted octanol–water partition coefficient (Wildman–Crippen LogP) is 4.53. The summed E-state index contributed by atoms with van der Waals surface area (Å²) in [6.07, 6.45) is 8.35. The van der Waals surface area contributed by atoms with E-state index in [1.807, 2.05) is 18.2 Å². The van der Waals surface area contributed by atoms with Crippen LogP contribution in [0.1, 0.15) is 61.4 Å². The highest BCUT2D eigenvalue weighted by molar-refractivity contribution is 6.43. The lowest BCUT2D eigenvalue weighted by atomic mass is 10.0. The van der Waals surface area contributed by atoms with E-state index in [4.69, 9.17) is 0 Å². The van der Waals surface area contributed by atoms with Crippen molar-refractivity contribution >= 4 is 11.6 Å². The lowest BCUT2D eigenvalue weighted by molar-refractivity contribution is -0.115. The van der Waals surface area contributed by atoms with Crippen LogP contribution in [0.3, 0.4) is 0 Å². The van der Waals surface area contributed by atoms with Gasteiger partial charge in [0.15, 0.2) is 0 Å². The summed E-state index contributed by atoms with van der Waals surface area (Å²) < 4.78 is 0. The maximum atomic E-state index is 12.0. The van der Waals surface area contributed by atoms with E-state index in [0.29, 0.717) is 12.0 Å². The average molecular weight is 272 g/mol. The van der Waals surface area contributed by atoms with E-state index >= 15 is 0 Å². The number of carbonyl (C=O) groups excluding carboxylic acids is 2. The first kappa shape index (κ1) is 16.4. The maximum absolute atomic E-state index is 12.0. The fourth-order valence-electron chi connectivity index (χ4n) is 2.12. The van der Waals surface area contributed by atoms with E-state index in [1.165, 1.54) is 12.8 Å². The Labute approximate surface area is 121 Å². The van der Waals surface area contributed by atoms with Gasteiger partial charge in [-0.05, 0) is 18.4 Å². The Morgan fingerprint density at radius 2 is 1.70 bits per heavy atom. The number of unbranched alkanes of at least 4 members (excludes halogenated alkanes) is 4. The normalized spacial score (nSPS) is 10.2. The van der Waals surface area contributed by atoms with Gasteiger partial charge in [0.25, 0.3) is 0 Å². The molecule has 1 rings (SSSR count). The number of allylic oxidation sites excluding steroid dienone is 1. The van der Waals surface area contributed by atoms with Crippen LogP contribution in [0.5, 0.6) is 0 Å². The van der Waals surface area contributed by atoms with Gasteiger partial charge in [0, 0.05) is 12.0 Å². The van der Waals surface area contributed by atoms with Gasteiger partial charge in [-0.15, -0.1) is 6.58 Å². The lowest BCUT2D eigenvalue weighted by Gasteiger charge is -2.02. The van der Waals surface area contributed by atoms with Crippen LogP contribution in [0.2, 0.25) is 0 Å². The number of rotatable bonds is 10. The first-order chi connectivity index (χ1) is 9.69. The van der Waals surface area contributed by atoms with Gasteiger partial charge in [-0.3, -0.25) is 9.59 Å². The molecule has 0 unspecified atom stereocenters. The monoisotopic (exact) mass is 272 g/mol. The Morgan fingerprint density at radius 3 is 2.30 bits per heavy atom. The number of carbonyl (C=O) groups is 2. The molecule has 20 heavy (non-hydrogen) atoms. The number of ketones is 2. The van der Waals surface area contributed by atoms with Gasteiger partial charge in [-0.2, -0.15) is 0 Å². The van der Waals surface area contributed by atoms with E-state index < -0.39 is 0 Å². The molecule has 108 valence electrons. The molecule has 0 aliphatic carbocycles. The molecule has 0 fully saturated rings. The van der Waals surface area contributed by atoms with E-state index in [1.54, 1.807) is 12.1 Å². The van der Waals surface area contributed by atoms with Crippen molar-refractivity contribution in [2.24, 2.45) is 0 Å². The molecule has 0 aromatic heterocycles. The van der Waals surface area contributed by atoms with Gasteiger partial charge < -0.3 is 0 Å². The highest BCUT2D eigenvalue weighted by Crippen LogP contribution is 2.10. The molecule has 0 heterocycles. The summed E-state index contributed by atoms with van der Waals surface area (Å²) in [7, 11) is 0. The molecule has 0 aliphatic heterocycles. The molecular formula is C18H24O2. The zero-order valence-corrected chi connectivity index (χ0v) is 12.4. The summed E-state index contributed by atoms with van der Waals surface area (Å²) in [6.45, 7) is 5.83. The Hall–Kier alpha value is -1.70. The molecule has 0 spiro atoms. The number of benzene rings is 1. The molecule has 2 heteroatoms. The van der Waals surface area contributed by atoms with Crippen LogP contribution in [0.25, 0.3) is 0 Å². The third-order valence-electron chi connectivity index (χ3n) is 3.36. The van der Waals surface area contributed by atoms with Gasteiger partial charge in [-0.1, -0.05) is 62.9 Å². The third kappa shape index (κ3) is 5.52. The van der Waals surface area contributed by atoms with Crippen molar-refractivity contribution in [3.05, 3.63) is 48.0 Å². The second kappa shape index (κ2) is 9.24. The summed E-state index contributed by atoms with van der Waals surface area (Å²) in [5.74, 6) is -0.622. The SMILES string of the molecule is C=CCc1ccc(C(=O)C(=O)CCCCCCC)cc1. The Balaban J connectivity index is 2.43. The summed E-state index contributed by atoms with van der Waals surface area (Å²) in [6, 6.07) is 7.22. The molecule has 0 bridgehead atoms. The van der Waals surface area contributed by atoms with Crippen molar-refractivity contribution < 1.29 is 9.59 Å². The Morgan fingerprint density at radius 1 is 1.05 bits per heavy atom. The number of hydrogen-bond donors (Lipinski definition) is 0. The zero-order valence-electron chi connectivity index (χ0n) is 12.4. The summed E-state index contributed by atoms with van der Waals surface area (Å²) in [5, 5.41) is 0. The molecule has 0 saturated heterocycles. The second-order valence-electron chi connectivity index (χ2n) is 5.11. The van der Waals surface area contributed by atoms with E-state index in [0.717, 1.165) is 31.2 Å². The van der Waals surface area contributed by atoms with Crippen molar-refractivity contribution in [1.29, 1.82) is 0 Å². The van der Waals surface area contributed by atoms with Crippen molar-refractivity contribution in [2.75, 3.05) is 0 Å². The van der Waals surface area contributed by atoms with Crippen molar-refractivity contribution in [1.82, 2.24) is 0 Å². The minimum absolute atomic E-state index is 0.266. The van der Waals surface area contributed by atoms with Crippen LogP contribution in [-0.4, -0.2) is 11.6 Å². The van der Waals surface area contributed by atoms with E-state index in [9.17, 15) is 9.59 Å². The standard InChI is InChI=1S/C18H24O2/c1-3-5-6-7-8-10-17(19)18(20)16-13-11-15(9-4-2)12-14-16/h4,11-14H,2-3,5-10H2,1H3. The van der Waals surface area contributed by atoms with E-state index in [2.05, 4.69) is 13.5 Å². The van der Waals surface area contributed by atoms with Crippen LogP contribution in [-0.2, 0) is 11.2 Å². The molecular weight excluding hydrogens is 248 g/mol. The van der Waals surface area contributed by atoms with Crippen LogP contribution in [0.4, 0.5) is 0 Å². The molecule has 1 aromatic carbocycles. The van der Waals surface area contributed by atoms with Gasteiger partial charge in [0.1, 0.15) is 0 Å². The molecule has 0 radical (unpaired) electrons. The quantitative estimate of drug-likeness (QED) is 0.271. The number of Topliss-reactive ketones (excluding diaryl/α,β-unsaturated/α-hetero) is 2. The largest absolute Gasteiger partial charge is 0.290 e. The van der Waals surface area contributed by atoms with Crippen LogP contribution < -0.4 is 0 Å². The van der Waals surface area contributed by atoms with Crippen molar-refractivity contribution in [3.8, 4) is 0 Å². The van der Waals surface area contributed by atoms with Gasteiger partial charge in [0.2, 0.25) is 11.6 Å². The first-order valence-corrected chi connectivity index (χ1v) is 7.46. The topological polar surface area (TPSA) is 34.1 Å². The lowest BCUT2D eigenvalue weighted by Crippen LogP contribution is -2.13. The summed E-state index contributed by atoms with van der Waals surface area (Å²) >= 11 is 0. The minimum Gasteiger partial charge on any atom is -0.290 e. The summed E-state index contributed by atoms with van der Waals surface area (Å²) in [4.78, 5) is 23.8. The van der Waals surface area contributed by atoms with Crippen LogP contribution >= 0.6 is 0 Å². The molecule has 0 aliphatic rings. The molecule has 0 atom stereocenters. The minimum atomic E-state index is -0.356. The van der Waals surface area contributed by atoms with Crippen LogP contribution in [0, 0.1) is 0 Å². The highest BCUT2D eigenvalue weighted by atomic mass is 16.2. The average Bonchev–Trinajstić information content (AvgIpc) is 2.47. The predicted molar refractivity (Wildman–Crippen MR) is 83.1 cm³/mol. The molecule has 1 aromatic rings. The number of hydrogen-bond acceptors (Lipinski definition) is 2. The van der Waals surface area contributed by atoms with Gasteiger partial charge in [-0.25, -0.2) is 0 Å². The first-order valence-electron chi connectivity index (χ1n) is 7.46. The fraction of sp³-hybridized carbons (Fsp3) is 0.444. The smallest absolute Gasteiger partial charge is 0.228 e. The molecule has 2 nitrogen and oxygen atoms in total. The van der Waals surface area contributed by atoms with Gasteiger partial charge in [0.05, 0.1) is 0 Å². The zero-order chi connectivity index (χ0) is 14.8. The fourth-order valence-corrected chi connectivity index (χ4v) is 2.12. The maximum Gasteiger partial charge on any atom is 0.228 e. The summed E-state index contributed by atoms with van der Waals surface area (Å²) in [5.41, 5.74) is 1.60. The van der Waals surface area contributed by atoms with Crippen LogP contribution in [0.15, 0.2) is 36.9 Å².